The second-order valence-corrected chi connectivity index (χ2v) is 2.97. The average molecular weight is 201 g/mol. The van der Waals surface area contributed by atoms with Crippen molar-refractivity contribution in [2.45, 2.75) is 12.5 Å². The van der Waals surface area contributed by atoms with E-state index >= 15 is 0 Å². The smallest absolute Gasteiger partial charge is 0.257 e. The van der Waals surface area contributed by atoms with Crippen molar-refractivity contribution in [2.75, 3.05) is 6.79 Å². The summed E-state index contributed by atoms with van der Waals surface area (Å²) in [4.78, 5) is 0. The van der Waals surface area contributed by atoms with E-state index in [9.17, 15) is 8.78 Å². The number of hydrogen-bond donors (Lipinski definition) is 1. The van der Waals surface area contributed by atoms with Gasteiger partial charge in [0.2, 0.25) is 6.79 Å². The summed E-state index contributed by atoms with van der Waals surface area (Å²) in [6.45, 7) is 0.128. The summed E-state index contributed by atoms with van der Waals surface area (Å²) >= 11 is 0. The summed E-state index contributed by atoms with van der Waals surface area (Å²) in [5.41, 5.74) is 5.64. The highest BCUT2D eigenvalue weighted by Gasteiger charge is 2.21. The number of benzene rings is 1. The zero-order valence-electron chi connectivity index (χ0n) is 7.24. The van der Waals surface area contributed by atoms with E-state index in [1.807, 2.05) is 0 Å². The van der Waals surface area contributed by atoms with Crippen molar-refractivity contribution in [2.24, 2.45) is 5.73 Å². The quantitative estimate of drug-likeness (QED) is 0.791. The van der Waals surface area contributed by atoms with Crippen molar-refractivity contribution in [3.05, 3.63) is 23.8 Å². The summed E-state index contributed by atoms with van der Waals surface area (Å²) < 4.78 is 34.6. The first-order valence-corrected chi connectivity index (χ1v) is 4.12. The largest absolute Gasteiger partial charge is 0.454 e. The van der Waals surface area contributed by atoms with E-state index in [0.717, 1.165) is 0 Å². The summed E-state index contributed by atoms with van der Waals surface area (Å²) in [6, 6.07) is 3.31. The third-order valence-corrected chi connectivity index (χ3v) is 2.05. The molecule has 2 N–H and O–H groups in total. The van der Waals surface area contributed by atoms with Crippen LogP contribution in [0.5, 0.6) is 11.5 Å². The standard InChI is InChI=1S/C9H9F2NO2/c10-9(11)8(12)5-1-2-6-7(3-5)14-4-13-6/h1-3,8-9H,4,12H2/t8-/m0/s1. The molecule has 1 aromatic carbocycles. The van der Waals surface area contributed by atoms with Gasteiger partial charge in [0.1, 0.15) is 0 Å². The maximum Gasteiger partial charge on any atom is 0.257 e. The van der Waals surface area contributed by atoms with Gasteiger partial charge in [0.25, 0.3) is 6.43 Å². The molecule has 0 spiro atoms. The van der Waals surface area contributed by atoms with Crippen LogP contribution in [0.25, 0.3) is 0 Å². The molecule has 2 rings (SSSR count). The molecule has 0 aliphatic carbocycles. The number of alkyl halides is 2. The van der Waals surface area contributed by atoms with Crippen LogP contribution in [0.2, 0.25) is 0 Å². The van der Waals surface area contributed by atoms with Crippen molar-refractivity contribution >= 4 is 0 Å². The Labute approximate surface area is 79.4 Å². The lowest BCUT2D eigenvalue weighted by Crippen LogP contribution is -2.18. The lowest BCUT2D eigenvalue weighted by molar-refractivity contribution is 0.116. The van der Waals surface area contributed by atoms with E-state index in [2.05, 4.69) is 0 Å². The fourth-order valence-electron chi connectivity index (χ4n) is 1.27. The van der Waals surface area contributed by atoms with Crippen LogP contribution in [0.15, 0.2) is 18.2 Å². The molecule has 1 atom stereocenters. The Balaban J connectivity index is 2.28. The van der Waals surface area contributed by atoms with Gasteiger partial charge in [-0.2, -0.15) is 0 Å². The SMILES string of the molecule is N[C@@H](c1ccc2c(c1)OCO2)C(F)F. The van der Waals surface area contributed by atoms with E-state index in [0.29, 0.717) is 17.1 Å². The Bertz CT molecular complexity index is 344. The van der Waals surface area contributed by atoms with Crippen LogP contribution in [-0.4, -0.2) is 13.2 Å². The van der Waals surface area contributed by atoms with Crippen molar-refractivity contribution < 1.29 is 18.3 Å². The van der Waals surface area contributed by atoms with Gasteiger partial charge in [-0.05, 0) is 17.7 Å². The molecule has 0 bridgehead atoms. The molecule has 0 amide bonds. The Hall–Kier alpha value is -1.36. The van der Waals surface area contributed by atoms with Gasteiger partial charge in [-0.15, -0.1) is 0 Å². The van der Waals surface area contributed by atoms with Crippen LogP contribution in [0.3, 0.4) is 0 Å². The van der Waals surface area contributed by atoms with Crippen LogP contribution < -0.4 is 15.2 Å². The molecule has 0 unspecified atom stereocenters. The van der Waals surface area contributed by atoms with Crippen LogP contribution >= 0.6 is 0 Å². The molecule has 1 aliphatic rings. The molecule has 0 aromatic heterocycles. The van der Waals surface area contributed by atoms with E-state index in [1.54, 1.807) is 6.07 Å². The van der Waals surface area contributed by atoms with E-state index < -0.39 is 12.5 Å². The fourth-order valence-corrected chi connectivity index (χ4v) is 1.27. The Kier molecular flexibility index (Phi) is 2.25. The van der Waals surface area contributed by atoms with Crippen LogP contribution in [0, 0.1) is 0 Å². The first-order valence-electron chi connectivity index (χ1n) is 4.12. The van der Waals surface area contributed by atoms with Gasteiger partial charge in [0.05, 0.1) is 6.04 Å². The second kappa shape index (κ2) is 3.42. The molecule has 1 aromatic rings. The summed E-state index contributed by atoms with van der Waals surface area (Å²) in [5.74, 6) is 1.04. The zero-order chi connectivity index (χ0) is 10.1. The number of nitrogens with two attached hydrogens (primary N) is 1. The number of rotatable bonds is 2. The topological polar surface area (TPSA) is 44.5 Å². The summed E-state index contributed by atoms with van der Waals surface area (Å²) in [5, 5.41) is 0. The Morgan fingerprint density at radius 1 is 1.21 bits per heavy atom. The van der Waals surface area contributed by atoms with Crippen molar-refractivity contribution in [1.82, 2.24) is 0 Å². The van der Waals surface area contributed by atoms with Gasteiger partial charge in [-0.25, -0.2) is 8.78 Å². The molecule has 1 aliphatic heterocycles. The van der Waals surface area contributed by atoms with Crippen molar-refractivity contribution in [3.63, 3.8) is 0 Å². The van der Waals surface area contributed by atoms with Gasteiger partial charge in [-0.1, -0.05) is 6.07 Å². The average Bonchev–Trinajstić information content (AvgIpc) is 2.62. The molecule has 0 radical (unpaired) electrons. The Morgan fingerprint density at radius 2 is 1.93 bits per heavy atom. The van der Waals surface area contributed by atoms with Gasteiger partial charge < -0.3 is 15.2 Å². The number of halogens is 2. The molecule has 5 heteroatoms. The van der Waals surface area contributed by atoms with Gasteiger partial charge in [0.15, 0.2) is 11.5 Å². The minimum atomic E-state index is -2.57. The maximum atomic E-state index is 12.3. The van der Waals surface area contributed by atoms with E-state index in [-0.39, 0.29) is 6.79 Å². The van der Waals surface area contributed by atoms with E-state index in [4.69, 9.17) is 15.2 Å². The molecule has 0 saturated carbocycles. The van der Waals surface area contributed by atoms with E-state index in [1.165, 1.54) is 12.1 Å². The summed E-state index contributed by atoms with van der Waals surface area (Å²) in [6.07, 6.45) is -2.57. The van der Waals surface area contributed by atoms with Gasteiger partial charge in [0, 0.05) is 0 Å². The lowest BCUT2D eigenvalue weighted by Gasteiger charge is -2.10. The third-order valence-electron chi connectivity index (χ3n) is 2.05. The fraction of sp³-hybridized carbons (Fsp3) is 0.333. The third kappa shape index (κ3) is 1.50. The molecule has 0 fully saturated rings. The number of fused-ring (bicyclic) bond motifs is 1. The Morgan fingerprint density at radius 3 is 2.64 bits per heavy atom. The van der Waals surface area contributed by atoms with Gasteiger partial charge in [-0.3, -0.25) is 0 Å². The highest BCUT2D eigenvalue weighted by Crippen LogP contribution is 2.34. The molecule has 1 heterocycles. The van der Waals surface area contributed by atoms with Crippen molar-refractivity contribution in [3.8, 4) is 11.5 Å². The molecular weight excluding hydrogens is 192 g/mol. The highest BCUT2D eigenvalue weighted by atomic mass is 19.3. The molecule has 76 valence electrons. The van der Waals surface area contributed by atoms with Gasteiger partial charge >= 0.3 is 0 Å². The first kappa shape index (κ1) is 9.21. The van der Waals surface area contributed by atoms with Crippen LogP contribution in [0.4, 0.5) is 8.78 Å². The zero-order valence-corrected chi connectivity index (χ0v) is 7.24. The van der Waals surface area contributed by atoms with Crippen LogP contribution in [0.1, 0.15) is 11.6 Å². The lowest BCUT2D eigenvalue weighted by atomic mass is 10.1. The second-order valence-electron chi connectivity index (χ2n) is 2.97. The maximum absolute atomic E-state index is 12.3. The molecular formula is C9H9F2NO2. The first-order chi connectivity index (χ1) is 6.68. The predicted octanol–water partition coefficient (Wildman–Crippen LogP) is 1.68. The monoisotopic (exact) mass is 201 g/mol. The predicted molar refractivity (Wildman–Crippen MR) is 45.5 cm³/mol. The molecule has 0 saturated heterocycles. The highest BCUT2D eigenvalue weighted by molar-refractivity contribution is 5.45. The van der Waals surface area contributed by atoms with Crippen LogP contribution in [-0.2, 0) is 0 Å². The summed E-state index contributed by atoms with van der Waals surface area (Å²) in [7, 11) is 0. The minimum absolute atomic E-state index is 0.128. The van der Waals surface area contributed by atoms with Crippen molar-refractivity contribution in [1.29, 1.82) is 0 Å². The normalized spacial score (nSPS) is 16.0. The molecule has 14 heavy (non-hydrogen) atoms. The number of hydrogen-bond acceptors (Lipinski definition) is 3. The number of ether oxygens (including phenoxy) is 2. The minimum Gasteiger partial charge on any atom is -0.454 e. The molecule has 3 nitrogen and oxygen atoms in total.